The van der Waals surface area contributed by atoms with Crippen molar-refractivity contribution in [3.8, 4) is 0 Å². The number of allylic oxidation sites excluding steroid dienone is 2. The number of hydrogen-bond donors (Lipinski definition) is 0. The Bertz CT molecular complexity index is 931. The molecule has 0 spiro atoms. The van der Waals surface area contributed by atoms with E-state index in [0.29, 0.717) is 0 Å². The number of rotatable bonds is 2. The Kier molecular flexibility index (Phi) is 4.15. The molecule has 2 unspecified atom stereocenters. The standard InChI is InChI=1S/2C10H9.C2H4.2ClH.Hf/c2*1-8-6-9-4-2-3-5-10(9)7-8;1-2;;;/h2*2-7H,1H3;1H,2H3;2*1H;/q;;;;;+2/p-2. The summed E-state index contributed by atoms with van der Waals surface area (Å²) in [5.41, 5.74) is 7.74. The molecule has 128 valence electrons. The zero-order valence-corrected chi connectivity index (χ0v) is 19.9. The predicted octanol–water partition coefficient (Wildman–Crippen LogP) is 7.12. The first-order valence-electron chi connectivity index (χ1n) is 8.79. The third-order valence-corrected chi connectivity index (χ3v) is 34.1. The maximum absolute atomic E-state index is 7.68. The van der Waals surface area contributed by atoms with Crippen molar-refractivity contribution in [2.75, 3.05) is 0 Å². The van der Waals surface area contributed by atoms with E-state index in [4.69, 9.17) is 17.2 Å². The van der Waals surface area contributed by atoms with Crippen LogP contribution in [0.5, 0.6) is 0 Å². The van der Waals surface area contributed by atoms with Crippen molar-refractivity contribution < 1.29 is 15.7 Å². The molecule has 0 bridgehead atoms. The van der Waals surface area contributed by atoms with Crippen LogP contribution in [-0.4, -0.2) is 3.76 Å². The van der Waals surface area contributed by atoms with E-state index in [1.54, 1.807) is 0 Å². The van der Waals surface area contributed by atoms with Gasteiger partial charge < -0.3 is 0 Å². The first kappa shape index (κ1) is 17.6. The van der Waals surface area contributed by atoms with Crippen LogP contribution in [-0.2, 0) is 15.7 Å². The molecule has 2 aliphatic rings. The van der Waals surface area contributed by atoms with E-state index in [9.17, 15) is 0 Å². The fourth-order valence-electron chi connectivity index (χ4n) is 4.92. The molecule has 0 amide bonds. The average Bonchev–Trinajstić information content (AvgIpc) is 3.11. The minimum absolute atomic E-state index is 0.140. The van der Waals surface area contributed by atoms with Crippen molar-refractivity contribution in [3.05, 3.63) is 81.9 Å². The molecule has 0 heterocycles. The monoisotopic (exact) mass is 536 g/mol. The topological polar surface area (TPSA) is 0 Å². The Morgan fingerprint density at radius 1 is 0.760 bits per heavy atom. The van der Waals surface area contributed by atoms with Crippen LogP contribution in [0.4, 0.5) is 0 Å². The quantitative estimate of drug-likeness (QED) is 0.359. The summed E-state index contributed by atoms with van der Waals surface area (Å²) >= 11 is -4.56. The first-order valence-corrected chi connectivity index (χ1v) is 23.9. The van der Waals surface area contributed by atoms with Gasteiger partial charge in [-0.25, -0.2) is 0 Å². The second kappa shape index (κ2) is 5.87. The van der Waals surface area contributed by atoms with Gasteiger partial charge in [0.05, 0.1) is 0 Å². The molecule has 2 aliphatic carbocycles. The molecule has 0 aliphatic heterocycles. The maximum atomic E-state index is 7.68. The van der Waals surface area contributed by atoms with E-state index in [-0.39, 0.29) is 7.35 Å². The van der Waals surface area contributed by atoms with Crippen molar-refractivity contribution in [1.29, 1.82) is 0 Å². The van der Waals surface area contributed by atoms with E-state index in [1.807, 2.05) is 0 Å². The summed E-state index contributed by atoms with van der Waals surface area (Å²) in [5, 5.41) is 0. The average molecular weight is 536 g/mol. The Balaban J connectivity index is 1.99. The van der Waals surface area contributed by atoms with Crippen molar-refractivity contribution >= 4 is 33.1 Å². The second-order valence-corrected chi connectivity index (χ2v) is 37.8. The van der Waals surface area contributed by atoms with E-state index >= 15 is 0 Å². The van der Waals surface area contributed by atoms with E-state index in [0.717, 1.165) is 0 Å². The van der Waals surface area contributed by atoms with Gasteiger partial charge in [-0.2, -0.15) is 0 Å². The molecular weight excluding hydrogens is 514 g/mol. The fraction of sp³-hybridized carbons (Fsp3) is 0.227. The third kappa shape index (κ3) is 2.46. The van der Waals surface area contributed by atoms with Crippen LogP contribution in [0.3, 0.4) is 0 Å². The van der Waals surface area contributed by atoms with Crippen molar-refractivity contribution in [2.45, 2.75) is 28.1 Å². The van der Waals surface area contributed by atoms with Crippen LogP contribution < -0.4 is 0 Å². The van der Waals surface area contributed by atoms with Gasteiger partial charge in [-0.05, 0) is 0 Å². The van der Waals surface area contributed by atoms with Crippen molar-refractivity contribution in [1.82, 2.24) is 0 Å². The summed E-state index contributed by atoms with van der Waals surface area (Å²) in [7, 11) is 15.4. The van der Waals surface area contributed by atoms with E-state index in [2.05, 4.69) is 85.2 Å². The SMILES string of the molecule is C[CH]=[Hf]([Cl])([Cl])([CH]1C(C)=Cc2ccccc21)[CH]1C(C)=Cc2ccccc21. The summed E-state index contributed by atoms with van der Waals surface area (Å²) in [5.74, 6) is 0. The number of benzene rings is 2. The number of hydrogen-bond acceptors (Lipinski definition) is 0. The third-order valence-electron chi connectivity index (χ3n) is 5.95. The molecule has 0 aromatic heterocycles. The van der Waals surface area contributed by atoms with E-state index in [1.165, 1.54) is 33.4 Å². The van der Waals surface area contributed by atoms with Gasteiger partial charge in [0.25, 0.3) is 0 Å². The summed E-state index contributed by atoms with van der Waals surface area (Å²) in [4.78, 5) is 0. The molecule has 3 heteroatoms. The molecule has 0 saturated heterocycles. The normalized spacial score (nSPS) is 22.2. The van der Waals surface area contributed by atoms with Gasteiger partial charge in [-0.15, -0.1) is 0 Å². The van der Waals surface area contributed by atoms with Gasteiger partial charge >= 0.3 is 159 Å². The summed E-state index contributed by atoms with van der Waals surface area (Å²) in [6, 6.07) is 17.1. The molecular formula is C22H22Cl2Hf. The molecule has 0 saturated carbocycles. The van der Waals surface area contributed by atoms with Crippen LogP contribution in [0.25, 0.3) is 12.2 Å². The number of fused-ring (bicyclic) bond motifs is 2. The molecule has 0 radical (unpaired) electrons. The molecule has 0 nitrogen and oxygen atoms in total. The molecule has 2 aromatic carbocycles. The van der Waals surface area contributed by atoms with Crippen molar-refractivity contribution in [2.24, 2.45) is 0 Å². The molecule has 0 N–H and O–H groups in total. The minimum atomic E-state index is -4.56. The van der Waals surface area contributed by atoms with Gasteiger partial charge in [0.1, 0.15) is 0 Å². The van der Waals surface area contributed by atoms with E-state index < -0.39 is 15.7 Å². The zero-order chi connectivity index (χ0) is 17.8. The fourth-order valence-corrected chi connectivity index (χ4v) is 31.0. The molecule has 2 aromatic rings. The Morgan fingerprint density at radius 2 is 1.16 bits per heavy atom. The molecule has 0 fully saturated rings. The van der Waals surface area contributed by atoms with Gasteiger partial charge in [0.15, 0.2) is 0 Å². The zero-order valence-electron chi connectivity index (χ0n) is 14.8. The predicted molar refractivity (Wildman–Crippen MR) is 109 cm³/mol. The van der Waals surface area contributed by atoms with Crippen LogP contribution in [0.1, 0.15) is 50.4 Å². The van der Waals surface area contributed by atoms with Gasteiger partial charge in [0, 0.05) is 0 Å². The first-order chi connectivity index (χ1) is 11.9. The summed E-state index contributed by atoms with van der Waals surface area (Å²) in [6.07, 6.45) is 4.54. The van der Waals surface area contributed by atoms with Gasteiger partial charge in [-0.1, -0.05) is 0 Å². The van der Waals surface area contributed by atoms with Gasteiger partial charge in [0.2, 0.25) is 0 Å². The second-order valence-electron chi connectivity index (χ2n) is 7.42. The van der Waals surface area contributed by atoms with Crippen LogP contribution >= 0.6 is 17.2 Å². The Hall–Kier alpha value is -0.760. The van der Waals surface area contributed by atoms with Crippen LogP contribution in [0, 0.1) is 0 Å². The number of halogens is 2. The van der Waals surface area contributed by atoms with Crippen molar-refractivity contribution in [3.63, 3.8) is 0 Å². The summed E-state index contributed by atoms with van der Waals surface area (Å²) in [6.45, 7) is 6.46. The van der Waals surface area contributed by atoms with Crippen LogP contribution in [0.15, 0.2) is 59.7 Å². The Labute approximate surface area is 157 Å². The Morgan fingerprint density at radius 3 is 1.56 bits per heavy atom. The summed E-state index contributed by atoms with van der Waals surface area (Å²) < 4.78 is 2.50. The molecule has 25 heavy (non-hydrogen) atoms. The van der Waals surface area contributed by atoms with Gasteiger partial charge in [-0.3, -0.25) is 0 Å². The molecule has 2 atom stereocenters. The molecule has 4 rings (SSSR count). The van der Waals surface area contributed by atoms with Crippen LogP contribution in [0.2, 0.25) is 0 Å².